The summed E-state index contributed by atoms with van der Waals surface area (Å²) in [5.74, 6) is -0.684. The summed E-state index contributed by atoms with van der Waals surface area (Å²) in [6.45, 7) is 1.42. The summed E-state index contributed by atoms with van der Waals surface area (Å²) in [5.41, 5.74) is 2.04. The highest BCUT2D eigenvalue weighted by Gasteiger charge is 2.11. The summed E-state index contributed by atoms with van der Waals surface area (Å²) in [6, 6.07) is 19.8. The quantitative estimate of drug-likeness (QED) is 0.417. The fourth-order valence-corrected chi connectivity index (χ4v) is 3.85. The number of thiophene rings is 1. The smallest absolute Gasteiger partial charge is 0.266 e. The van der Waals surface area contributed by atoms with Crippen LogP contribution in [0.25, 0.3) is 16.5 Å². The lowest BCUT2D eigenvalue weighted by Crippen LogP contribution is -2.13. The van der Waals surface area contributed by atoms with Gasteiger partial charge in [-0.3, -0.25) is 9.59 Å². The average Bonchev–Trinajstić information content (AvgIpc) is 3.16. The van der Waals surface area contributed by atoms with Crippen LogP contribution in [-0.4, -0.2) is 11.8 Å². The molecular weight excluding hydrogens is 406 g/mol. The van der Waals surface area contributed by atoms with E-state index in [-0.39, 0.29) is 11.5 Å². The van der Waals surface area contributed by atoms with E-state index in [1.54, 1.807) is 30.3 Å². The highest BCUT2D eigenvalue weighted by molar-refractivity contribution is 7.16. The molecular formula is C22H16ClN3O2S. The van der Waals surface area contributed by atoms with E-state index in [1.165, 1.54) is 18.3 Å². The summed E-state index contributed by atoms with van der Waals surface area (Å²) in [5, 5.41) is 15.4. The van der Waals surface area contributed by atoms with Gasteiger partial charge in [-0.15, -0.1) is 11.3 Å². The number of carbonyl (C=O) groups is 2. The number of nitriles is 1. The second kappa shape index (κ2) is 9.20. The largest absolute Gasteiger partial charge is 0.326 e. The fourth-order valence-electron chi connectivity index (χ4n) is 2.57. The van der Waals surface area contributed by atoms with E-state index in [9.17, 15) is 14.9 Å². The highest BCUT2D eigenvalue weighted by Crippen LogP contribution is 2.34. The Bertz CT molecular complexity index is 1130. The van der Waals surface area contributed by atoms with E-state index in [4.69, 9.17) is 11.6 Å². The van der Waals surface area contributed by atoms with Crippen molar-refractivity contribution in [1.29, 1.82) is 5.26 Å². The van der Waals surface area contributed by atoms with Crippen molar-refractivity contribution < 1.29 is 9.59 Å². The van der Waals surface area contributed by atoms with Gasteiger partial charge in [0.2, 0.25) is 5.91 Å². The van der Waals surface area contributed by atoms with Crippen molar-refractivity contribution in [3.63, 3.8) is 0 Å². The number of hydrogen-bond acceptors (Lipinski definition) is 4. The minimum atomic E-state index is -0.507. The van der Waals surface area contributed by atoms with Gasteiger partial charge in [-0.05, 0) is 48.5 Å². The number of nitrogens with one attached hydrogen (secondary N) is 2. The van der Waals surface area contributed by atoms with Gasteiger partial charge in [0, 0.05) is 38.6 Å². The lowest BCUT2D eigenvalue weighted by atomic mass is 10.2. The standard InChI is InChI=1S/C22H16ClN3O2S/c1-14(27)25-16-6-8-17(9-7-16)26-22(28)15(13-24)12-18-10-11-21(29-18)19-4-2-3-5-20(19)23/h2-12H,1H3,(H,25,27)(H,26,28)/b15-12+. The molecule has 0 unspecified atom stereocenters. The summed E-state index contributed by atoms with van der Waals surface area (Å²) in [4.78, 5) is 25.2. The first kappa shape index (κ1) is 20.3. The Balaban J connectivity index is 1.75. The van der Waals surface area contributed by atoms with E-state index >= 15 is 0 Å². The highest BCUT2D eigenvalue weighted by atomic mass is 35.5. The molecule has 0 aliphatic rings. The monoisotopic (exact) mass is 421 g/mol. The van der Waals surface area contributed by atoms with Gasteiger partial charge in [0.25, 0.3) is 5.91 Å². The van der Waals surface area contributed by atoms with Crippen LogP contribution in [0.15, 0.2) is 66.2 Å². The molecule has 1 aromatic heterocycles. The Morgan fingerprint density at radius 3 is 2.28 bits per heavy atom. The van der Waals surface area contributed by atoms with E-state index in [2.05, 4.69) is 10.6 Å². The van der Waals surface area contributed by atoms with Crippen LogP contribution in [0.1, 0.15) is 11.8 Å². The number of rotatable bonds is 5. The van der Waals surface area contributed by atoms with Crippen molar-refractivity contribution in [2.45, 2.75) is 6.92 Å². The summed E-state index contributed by atoms with van der Waals surface area (Å²) in [6.07, 6.45) is 1.55. The SMILES string of the molecule is CC(=O)Nc1ccc(NC(=O)/C(C#N)=C/c2ccc(-c3ccccc3Cl)s2)cc1. The molecule has 144 valence electrons. The molecule has 5 nitrogen and oxygen atoms in total. The van der Waals surface area contributed by atoms with Crippen LogP contribution in [0.2, 0.25) is 5.02 Å². The first-order valence-corrected chi connectivity index (χ1v) is 9.81. The summed E-state index contributed by atoms with van der Waals surface area (Å²) < 4.78 is 0. The molecule has 3 aromatic rings. The molecule has 0 spiro atoms. The van der Waals surface area contributed by atoms with Gasteiger partial charge in [0.05, 0.1) is 0 Å². The molecule has 0 aliphatic carbocycles. The van der Waals surface area contributed by atoms with Crippen molar-refractivity contribution in [1.82, 2.24) is 0 Å². The normalized spacial score (nSPS) is 10.9. The molecule has 0 bridgehead atoms. The van der Waals surface area contributed by atoms with Gasteiger partial charge in [-0.1, -0.05) is 29.8 Å². The number of nitrogens with zero attached hydrogens (tertiary/aromatic N) is 1. The Morgan fingerprint density at radius 2 is 1.66 bits per heavy atom. The third kappa shape index (κ3) is 5.32. The minimum Gasteiger partial charge on any atom is -0.326 e. The number of benzene rings is 2. The molecule has 0 saturated carbocycles. The van der Waals surface area contributed by atoms with Gasteiger partial charge < -0.3 is 10.6 Å². The number of hydrogen-bond donors (Lipinski definition) is 2. The van der Waals surface area contributed by atoms with Gasteiger partial charge >= 0.3 is 0 Å². The minimum absolute atomic E-state index is 0.0107. The molecule has 2 aromatic carbocycles. The maximum absolute atomic E-state index is 12.5. The maximum atomic E-state index is 12.5. The van der Waals surface area contributed by atoms with E-state index < -0.39 is 5.91 Å². The fraction of sp³-hybridized carbons (Fsp3) is 0.0455. The molecule has 7 heteroatoms. The molecule has 3 rings (SSSR count). The molecule has 0 fully saturated rings. The third-order valence-electron chi connectivity index (χ3n) is 3.88. The van der Waals surface area contributed by atoms with Crippen LogP contribution in [0.3, 0.4) is 0 Å². The zero-order valence-electron chi connectivity index (χ0n) is 15.4. The van der Waals surface area contributed by atoms with E-state index in [0.29, 0.717) is 16.4 Å². The topological polar surface area (TPSA) is 82.0 Å². The molecule has 29 heavy (non-hydrogen) atoms. The van der Waals surface area contributed by atoms with Gasteiger partial charge in [0.1, 0.15) is 11.6 Å². The zero-order chi connectivity index (χ0) is 20.8. The maximum Gasteiger partial charge on any atom is 0.266 e. The summed E-state index contributed by atoms with van der Waals surface area (Å²) >= 11 is 7.68. The Labute approximate surface area is 177 Å². The van der Waals surface area contributed by atoms with Crippen LogP contribution in [0.4, 0.5) is 11.4 Å². The second-order valence-electron chi connectivity index (χ2n) is 6.06. The van der Waals surface area contributed by atoms with Crippen LogP contribution in [0.5, 0.6) is 0 Å². The number of carbonyl (C=O) groups excluding carboxylic acids is 2. The Kier molecular flexibility index (Phi) is 6.45. The van der Waals surface area contributed by atoms with Crippen LogP contribution < -0.4 is 10.6 Å². The van der Waals surface area contributed by atoms with Crippen LogP contribution >= 0.6 is 22.9 Å². The first-order chi connectivity index (χ1) is 14.0. The Hall–Kier alpha value is -3.40. The predicted octanol–water partition coefficient (Wildman–Crippen LogP) is 5.57. The lowest BCUT2D eigenvalue weighted by molar-refractivity contribution is -0.114. The van der Waals surface area contributed by atoms with Gasteiger partial charge in [-0.25, -0.2) is 0 Å². The number of amides is 2. The van der Waals surface area contributed by atoms with E-state index in [0.717, 1.165) is 15.3 Å². The summed E-state index contributed by atoms with van der Waals surface area (Å²) in [7, 11) is 0. The van der Waals surface area contributed by atoms with Gasteiger partial charge in [-0.2, -0.15) is 5.26 Å². The number of halogens is 1. The van der Waals surface area contributed by atoms with Gasteiger partial charge in [0.15, 0.2) is 0 Å². The van der Waals surface area contributed by atoms with Crippen LogP contribution in [-0.2, 0) is 9.59 Å². The van der Waals surface area contributed by atoms with Crippen LogP contribution in [0, 0.1) is 11.3 Å². The predicted molar refractivity (Wildman–Crippen MR) is 118 cm³/mol. The molecule has 0 atom stereocenters. The molecule has 0 radical (unpaired) electrons. The third-order valence-corrected chi connectivity index (χ3v) is 5.28. The molecule has 0 saturated heterocycles. The van der Waals surface area contributed by atoms with Crippen molar-refractivity contribution in [3.05, 3.63) is 76.1 Å². The van der Waals surface area contributed by atoms with Crippen molar-refractivity contribution in [3.8, 4) is 16.5 Å². The molecule has 2 amide bonds. The molecule has 0 aliphatic heterocycles. The van der Waals surface area contributed by atoms with Crippen molar-refractivity contribution >= 4 is 52.2 Å². The van der Waals surface area contributed by atoms with Crippen molar-refractivity contribution in [2.75, 3.05) is 10.6 Å². The lowest BCUT2D eigenvalue weighted by Gasteiger charge is -2.06. The average molecular weight is 422 g/mol. The van der Waals surface area contributed by atoms with E-state index in [1.807, 2.05) is 42.5 Å². The molecule has 2 N–H and O–H groups in total. The zero-order valence-corrected chi connectivity index (χ0v) is 17.0. The number of anilines is 2. The molecule has 1 heterocycles. The Morgan fingerprint density at radius 1 is 1.00 bits per heavy atom. The first-order valence-electron chi connectivity index (χ1n) is 8.62. The second-order valence-corrected chi connectivity index (χ2v) is 7.59. The van der Waals surface area contributed by atoms with Crippen molar-refractivity contribution in [2.24, 2.45) is 0 Å².